The standard InChI is InChI=1S/C19H38N2O6/c1-5-17(4)19(23)20-6-7-24-8-9-25-10-11-26-12-13-27-15-18(22)21-14-16(2)3/h16-17H,5-15H2,1-4H3,(H,20,23)(H,21,22). The monoisotopic (exact) mass is 390 g/mol. The van der Waals surface area contributed by atoms with Gasteiger partial charge < -0.3 is 29.6 Å². The maximum atomic E-state index is 11.5. The highest BCUT2D eigenvalue weighted by Crippen LogP contribution is 1.98. The third-order valence-electron chi connectivity index (χ3n) is 3.66. The number of carbonyl (C=O) groups excluding carboxylic acids is 2. The van der Waals surface area contributed by atoms with Gasteiger partial charge in [0.05, 0.1) is 46.2 Å². The first-order valence-corrected chi connectivity index (χ1v) is 9.82. The Morgan fingerprint density at radius 1 is 0.778 bits per heavy atom. The van der Waals surface area contributed by atoms with E-state index >= 15 is 0 Å². The van der Waals surface area contributed by atoms with E-state index in [1.807, 2.05) is 27.7 Å². The van der Waals surface area contributed by atoms with Crippen LogP contribution in [0, 0.1) is 11.8 Å². The Bertz CT molecular complexity index is 379. The number of amides is 2. The highest BCUT2D eigenvalue weighted by atomic mass is 16.6. The SMILES string of the molecule is CCC(C)C(=O)NCCOCCOCCOCCOCC(=O)NCC(C)C. The van der Waals surface area contributed by atoms with Gasteiger partial charge in [-0.25, -0.2) is 0 Å². The van der Waals surface area contributed by atoms with Crippen LogP contribution in [-0.2, 0) is 28.5 Å². The van der Waals surface area contributed by atoms with Crippen LogP contribution in [0.5, 0.6) is 0 Å². The Kier molecular flexibility index (Phi) is 17.3. The zero-order chi connectivity index (χ0) is 20.3. The number of nitrogens with one attached hydrogen (secondary N) is 2. The fraction of sp³-hybridized carbons (Fsp3) is 0.895. The Morgan fingerprint density at radius 2 is 1.30 bits per heavy atom. The molecule has 2 amide bonds. The molecular formula is C19H38N2O6. The molecule has 0 saturated heterocycles. The Hall–Kier alpha value is -1.22. The molecule has 8 heteroatoms. The number of rotatable bonds is 18. The van der Waals surface area contributed by atoms with Crippen LogP contribution >= 0.6 is 0 Å². The zero-order valence-corrected chi connectivity index (χ0v) is 17.4. The van der Waals surface area contributed by atoms with E-state index in [1.165, 1.54) is 0 Å². The van der Waals surface area contributed by atoms with E-state index in [2.05, 4.69) is 10.6 Å². The fourth-order valence-corrected chi connectivity index (χ4v) is 1.80. The van der Waals surface area contributed by atoms with Gasteiger partial charge in [-0.05, 0) is 12.3 Å². The van der Waals surface area contributed by atoms with E-state index in [-0.39, 0.29) is 24.3 Å². The summed E-state index contributed by atoms with van der Waals surface area (Å²) in [6.07, 6.45) is 0.836. The number of hydrogen-bond acceptors (Lipinski definition) is 6. The lowest BCUT2D eigenvalue weighted by Gasteiger charge is -2.10. The second kappa shape index (κ2) is 18.2. The first-order valence-electron chi connectivity index (χ1n) is 9.82. The van der Waals surface area contributed by atoms with E-state index in [9.17, 15) is 9.59 Å². The van der Waals surface area contributed by atoms with E-state index in [4.69, 9.17) is 18.9 Å². The highest BCUT2D eigenvalue weighted by molar-refractivity contribution is 5.78. The Morgan fingerprint density at radius 3 is 1.81 bits per heavy atom. The van der Waals surface area contributed by atoms with E-state index < -0.39 is 0 Å². The lowest BCUT2D eigenvalue weighted by atomic mass is 10.1. The molecule has 0 saturated carbocycles. The molecule has 27 heavy (non-hydrogen) atoms. The van der Waals surface area contributed by atoms with Crippen LogP contribution in [0.4, 0.5) is 0 Å². The molecule has 0 aliphatic heterocycles. The zero-order valence-electron chi connectivity index (χ0n) is 17.4. The molecule has 0 heterocycles. The van der Waals surface area contributed by atoms with Crippen LogP contribution in [0.15, 0.2) is 0 Å². The maximum absolute atomic E-state index is 11.5. The van der Waals surface area contributed by atoms with Crippen LogP contribution in [0.25, 0.3) is 0 Å². The number of carbonyl (C=O) groups is 2. The summed E-state index contributed by atoms with van der Waals surface area (Å²) in [5.41, 5.74) is 0. The molecule has 1 atom stereocenters. The van der Waals surface area contributed by atoms with Gasteiger partial charge in [0.25, 0.3) is 0 Å². The van der Waals surface area contributed by atoms with Crippen molar-refractivity contribution in [2.45, 2.75) is 34.1 Å². The third kappa shape index (κ3) is 17.9. The molecule has 0 spiro atoms. The molecule has 0 radical (unpaired) electrons. The van der Waals surface area contributed by atoms with Crippen molar-refractivity contribution in [2.75, 3.05) is 65.9 Å². The van der Waals surface area contributed by atoms with Crippen molar-refractivity contribution in [1.29, 1.82) is 0 Å². The lowest BCUT2D eigenvalue weighted by molar-refractivity contribution is -0.126. The van der Waals surface area contributed by atoms with Crippen LogP contribution in [0.1, 0.15) is 34.1 Å². The van der Waals surface area contributed by atoms with Gasteiger partial charge in [0, 0.05) is 19.0 Å². The van der Waals surface area contributed by atoms with Gasteiger partial charge in [-0.15, -0.1) is 0 Å². The average Bonchev–Trinajstić information content (AvgIpc) is 2.65. The summed E-state index contributed by atoms with van der Waals surface area (Å²) < 4.78 is 21.3. The second-order valence-corrected chi connectivity index (χ2v) is 6.69. The minimum absolute atomic E-state index is 0.0424. The molecule has 0 aliphatic carbocycles. The van der Waals surface area contributed by atoms with E-state index in [1.54, 1.807) is 0 Å². The van der Waals surface area contributed by atoms with Crippen molar-refractivity contribution >= 4 is 11.8 Å². The smallest absolute Gasteiger partial charge is 0.246 e. The molecule has 2 N–H and O–H groups in total. The quantitative estimate of drug-likeness (QED) is 0.339. The predicted octanol–water partition coefficient (Wildman–Crippen LogP) is 0.987. The van der Waals surface area contributed by atoms with E-state index in [0.717, 1.165) is 6.42 Å². The van der Waals surface area contributed by atoms with Crippen molar-refractivity contribution in [3.8, 4) is 0 Å². The molecule has 0 aromatic rings. The molecule has 0 aromatic heterocycles. The number of ether oxygens (including phenoxy) is 4. The summed E-state index contributed by atoms with van der Waals surface area (Å²) in [5, 5.41) is 5.61. The molecule has 0 fully saturated rings. The van der Waals surface area contributed by atoms with Crippen molar-refractivity contribution in [3.05, 3.63) is 0 Å². The third-order valence-corrected chi connectivity index (χ3v) is 3.66. The van der Waals surface area contributed by atoms with Crippen molar-refractivity contribution in [2.24, 2.45) is 11.8 Å². The normalized spacial score (nSPS) is 12.2. The molecule has 0 aromatic carbocycles. The van der Waals surface area contributed by atoms with E-state index in [0.29, 0.717) is 65.3 Å². The maximum Gasteiger partial charge on any atom is 0.246 e. The first kappa shape index (κ1) is 25.8. The summed E-state index contributed by atoms with van der Waals surface area (Å²) >= 11 is 0. The molecule has 0 aliphatic rings. The van der Waals surface area contributed by atoms with Crippen LogP contribution < -0.4 is 10.6 Å². The number of hydrogen-bond donors (Lipinski definition) is 2. The highest BCUT2D eigenvalue weighted by Gasteiger charge is 2.08. The summed E-state index contributed by atoms with van der Waals surface area (Å²) in [6.45, 7) is 12.4. The molecular weight excluding hydrogens is 352 g/mol. The Labute approximate surface area is 163 Å². The minimum Gasteiger partial charge on any atom is -0.377 e. The molecule has 0 rings (SSSR count). The first-order chi connectivity index (χ1) is 13.0. The summed E-state index contributed by atoms with van der Waals surface area (Å²) in [6, 6.07) is 0. The summed E-state index contributed by atoms with van der Waals surface area (Å²) in [5.74, 6) is 0.431. The lowest BCUT2D eigenvalue weighted by Crippen LogP contribution is -2.31. The minimum atomic E-state index is -0.105. The van der Waals surface area contributed by atoms with Crippen LogP contribution in [-0.4, -0.2) is 77.8 Å². The van der Waals surface area contributed by atoms with Gasteiger partial charge in [-0.2, -0.15) is 0 Å². The largest absolute Gasteiger partial charge is 0.377 e. The molecule has 0 bridgehead atoms. The van der Waals surface area contributed by atoms with Crippen LogP contribution in [0.3, 0.4) is 0 Å². The Balaban J connectivity index is 3.21. The molecule has 8 nitrogen and oxygen atoms in total. The average molecular weight is 391 g/mol. The summed E-state index contributed by atoms with van der Waals surface area (Å²) in [7, 11) is 0. The van der Waals surface area contributed by atoms with Gasteiger partial charge in [-0.1, -0.05) is 27.7 Å². The topological polar surface area (TPSA) is 95.1 Å². The van der Waals surface area contributed by atoms with Gasteiger partial charge in [0.15, 0.2) is 0 Å². The second-order valence-electron chi connectivity index (χ2n) is 6.69. The van der Waals surface area contributed by atoms with Crippen molar-refractivity contribution in [3.63, 3.8) is 0 Å². The fourth-order valence-electron chi connectivity index (χ4n) is 1.80. The van der Waals surface area contributed by atoms with Crippen LogP contribution in [0.2, 0.25) is 0 Å². The van der Waals surface area contributed by atoms with Gasteiger partial charge in [0.2, 0.25) is 11.8 Å². The molecule has 1 unspecified atom stereocenters. The predicted molar refractivity (Wildman–Crippen MR) is 104 cm³/mol. The van der Waals surface area contributed by atoms with Gasteiger partial charge in [0.1, 0.15) is 6.61 Å². The van der Waals surface area contributed by atoms with Crippen molar-refractivity contribution in [1.82, 2.24) is 10.6 Å². The summed E-state index contributed by atoms with van der Waals surface area (Å²) in [4.78, 5) is 22.9. The van der Waals surface area contributed by atoms with Crippen molar-refractivity contribution < 1.29 is 28.5 Å². The van der Waals surface area contributed by atoms with Gasteiger partial charge >= 0.3 is 0 Å². The molecule has 160 valence electrons. The van der Waals surface area contributed by atoms with Gasteiger partial charge in [-0.3, -0.25) is 9.59 Å².